The highest BCUT2D eigenvalue weighted by molar-refractivity contribution is 5.86. The van der Waals surface area contributed by atoms with Crippen LogP contribution in [0.5, 0.6) is 0 Å². The van der Waals surface area contributed by atoms with Gasteiger partial charge in [-0.05, 0) is 84.9 Å². The number of aromatic amines is 1. The molecule has 0 aliphatic rings. The quantitative estimate of drug-likeness (QED) is 0.109. The lowest BCUT2D eigenvalue weighted by molar-refractivity contribution is -0.137. The monoisotopic (exact) mass is 659 g/mol. The second kappa shape index (κ2) is 17.1. The SMILES string of the molecule is CC[C]C(CC)(CC)c1[nH]c2cc(CCN(Cc3ccc(-c4ccccc4C(F)(F)F)cc3)C(=O)NCCCCCC)ccc2c1CC. The Hall–Kier alpha value is -3.74. The number of nitrogens with zero attached hydrogens (tertiary/aromatic N) is 1. The molecule has 0 unspecified atom stereocenters. The summed E-state index contributed by atoms with van der Waals surface area (Å²) in [6.07, 6.45) is 8.06. The number of rotatable bonds is 17. The van der Waals surface area contributed by atoms with Gasteiger partial charge in [-0.25, -0.2) is 4.79 Å². The van der Waals surface area contributed by atoms with Gasteiger partial charge in [0.15, 0.2) is 0 Å². The van der Waals surface area contributed by atoms with E-state index in [9.17, 15) is 18.0 Å². The molecule has 7 heteroatoms. The molecule has 0 spiro atoms. The fourth-order valence-electron chi connectivity index (χ4n) is 6.88. The zero-order valence-corrected chi connectivity index (χ0v) is 29.3. The number of halogens is 3. The first-order valence-electron chi connectivity index (χ1n) is 17.8. The third-order valence-corrected chi connectivity index (χ3v) is 9.66. The van der Waals surface area contributed by atoms with Crippen LogP contribution in [-0.4, -0.2) is 29.0 Å². The van der Waals surface area contributed by atoms with Crippen LogP contribution in [0.1, 0.15) is 108 Å². The van der Waals surface area contributed by atoms with E-state index in [1.807, 2.05) is 17.0 Å². The minimum absolute atomic E-state index is 0.102. The molecule has 4 rings (SSSR count). The number of aromatic nitrogens is 1. The average molecular weight is 660 g/mol. The summed E-state index contributed by atoms with van der Waals surface area (Å²) in [5.41, 5.74) is 5.62. The van der Waals surface area contributed by atoms with Gasteiger partial charge in [0, 0.05) is 41.6 Å². The van der Waals surface area contributed by atoms with Crippen LogP contribution in [0.25, 0.3) is 22.0 Å². The molecule has 0 atom stereocenters. The Morgan fingerprint density at radius 3 is 2.23 bits per heavy atom. The van der Waals surface area contributed by atoms with E-state index in [1.165, 1.54) is 28.8 Å². The first kappa shape index (κ1) is 37.1. The van der Waals surface area contributed by atoms with Gasteiger partial charge >= 0.3 is 12.2 Å². The number of fused-ring (bicyclic) bond motifs is 1. The molecule has 0 bridgehead atoms. The van der Waals surface area contributed by atoms with Crippen molar-refractivity contribution in [3.8, 4) is 11.1 Å². The summed E-state index contributed by atoms with van der Waals surface area (Å²) in [7, 11) is 0. The molecule has 4 aromatic rings. The van der Waals surface area contributed by atoms with E-state index in [0.29, 0.717) is 31.6 Å². The highest BCUT2D eigenvalue weighted by Gasteiger charge is 2.34. The fraction of sp³-hybridized carbons (Fsp3) is 0.463. The second-order valence-electron chi connectivity index (χ2n) is 12.7. The molecule has 0 aliphatic heterocycles. The predicted octanol–water partition coefficient (Wildman–Crippen LogP) is 11.3. The third kappa shape index (κ3) is 8.83. The van der Waals surface area contributed by atoms with Crippen molar-refractivity contribution in [1.29, 1.82) is 0 Å². The number of carbonyl (C=O) groups excluding carboxylic acids is 1. The zero-order chi connectivity index (χ0) is 34.7. The number of nitrogens with one attached hydrogen (secondary N) is 2. The Kier molecular flexibility index (Phi) is 13.2. The third-order valence-electron chi connectivity index (χ3n) is 9.66. The summed E-state index contributed by atoms with van der Waals surface area (Å²) < 4.78 is 41.0. The van der Waals surface area contributed by atoms with Crippen molar-refractivity contribution >= 4 is 16.9 Å². The number of amides is 2. The summed E-state index contributed by atoms with van der Waals surface area (Å²) in [6.45, 7) is 12.5. The lowest BCUT2D eigenvalue weighted by atomic mass is 9.74. The molecular weight excluding hydrogens is 607 g/mol. The maximum Gasteiger partial charge on any atom is 0.417 e. The summed E-state index contributed by atoms with van der Waals surface area (Å²) in [5.74, 6) is 0. The number of alkyl halides is 3. The minimum Gasteiger partial charge on any atom is -0.358 e. The Labute approximate surface area is 285 Å². The molecule has 0 aliphatic carbocycles. The van der Waals surface area contributed by atoms with Gasteiger partial charge in [-0.2, -0.15) is 13.2 Å². The van der Waals surface area contributed by atoms with Crippen molar-refractivity contribution in [2.24, 2.45) is 0 Å². The first-order chi connectivity index (χ1) is 23.1. The highest BCUT2D eigenvalue weighted by Crippen LogP contribution is 2.40. The number of hydrogen-bond acceptors (Lipinski definition) is 1. The van der Waals surface area contributed by atoms with E-state index in [2.05, 4.69) is 69.5 Å². The topological polar surface area (TPSA) is 48.1 Å². The van der Waals surface area contributed by atoms with Gasteiger partial charge < -0.3 is 15.2 Å². The van der Waals surface area contributed by atoms with Crippen LogP contribution in [-0.2, 0) is 31.0 Å². The molecule has 3 aromatic carbocycles. The normalized spacial score (nSPS) is 12.1. The molecule has 2 N–H and O–H groups in total. The molecule has 0 saturated heterocycles. The standard InChI is InChI=1S/C41H52F3N3O/c1-6-11-12-15-26-45-39(48)47(29-31-18-21-32(22-19-31)34-16-13-14-17-36(34)41(42,43)44)27-24-30-20-23-35-33(8-3)38(46-37(35)28-30)40(9-4,10-5)25-7-2/h13-14,16-23,28,46H,6-12,15,24,26-27,29H2,1-5H3,(H,45,48). The molecule has 2 radical (unpaired) electrons. The Balaban J connectivity index is 1.55. The van der Waals surface area contributed by atoms with Crippen molar-refractivity contribution in [3.63, 3.8) is 0 Å². The predicted molar refractivity (Wildman–Crippen MR) is 192 cm³/mol. The van der Waals surface area contributed by atoms with Crippen LogP contribution in [0.4, 0.5) is 18.0 Å². The molecule has 1 heterocycles. The van der Waals surface area contributed by atoms with Gasteiger partial charge in [-0.15, -0.1) is 0 Å². The van der Waals surface area contributed by atoms with Crippen molar-refractivity contribution in [2.75, 3.05) is 13.1 Å². The number of urea groups is 1. The molecule has 2 amide bonds. The van der Waals surface area contributed by atoms with Crippen molar-refractivity contribution in [2.45, 2.75) is 111 Å². The number of unbranched alkanes of at least 4 members (excludes halogenated alkanes) is 3. The summed E-state index contributed by atoms with van der Waals surface area (Å²) in [6, 6.07) is 19.1. The lowest BCUT2D eigenvalue weighted by Gasteiger charge is -2.31. The molecular formula is C41H52F3N3O. The van der Waals surface area contributed by atoms with Gasteiger partial charge in [-0.3, -0.25) is 0 Å². The van der Waals surface area contributed by atoms with Gasteiger partial charge in [0.05, 0.1) is 5.56 Å². The van der Waals surface area contributed by atoms with Crippen LogP contribution < -0.4 is 5.32 Å². The number of benzene rings is 3. The highest BCUT2D eigenvalue weighted by atomic mass is 19.4. The van der Waals surface area contributed by atoms with Crippen LogP contribution in [0.15, 0.2) is 66.7 Å². The maximum atomic E-state index is 13.7. The van der Waals surface area contributed by atoms with E-state index in [-0.39, 0.29) is 17.0 Å². The Morgan fingerprint density at radius 2 is 1.58 bits per heavy atom. The number of hydrogen-bond donors (Lipinski definition) is 2. The largest absolute Gasteiger partial charge is 0.417 e. The van der Waals surface area contributed by atoms with Gasteiger partial charge in [-0.1, -0.05) is 108 Å². The molecule has 0 fully saturated rings. The van der Waals surface area contributed by atoms with E-state index >= 15 is 0 Å². The van der Waals surface area contributed by atoms with Gasteiger partial charge in [0.2, 0.25) is 0 Å². The van der Waals surface area contributed by atoms with Crippen LogP contribution in [0, 0.1) is 6.42 Å². The molecule has 1 aromatic heterocycles. The van der Waals surface area contributed by atoms with E-state index < -0.39 is 11.7 Å². The summed E-state index contributed by atoms with van der Waals surface area (Å²) >= 11 is 0. The number of carbonyl (C=O) groups is 1. The zero-order valence-electron chi connectivity index (χ0n) is 29.3. The van der Waals surface area contributed by atoms with Gasteiger partial charge in [0.25, 0.3) is 0 Å². The van der Waals surface area contributed by atoms with Crippen molar-refractivity contribution in [3.05, 3.63) is 101 Å². The number of aryl methyl sites for hydroxylation is 1. The second-order valence-corrected chi connectivity index (χ2v) is 12.7. The average Bonchev–Trinajstić information content (AvgIpc) is 3.47. The van der Waals surface area contributed by atoms with E-state index in [1.54, 1.807) is 18.2 Å². The molecule has 0 saturated carbocycles. The molecule has 4 nitrogen and oxygen atoms in total. The van der Waals surface area contributed by atoms with Crippen molar-refractivity contribution < 1.29 is 18.0 Å². The fourth-order valence-corrected chi connectivity index (χ4v) is 6.88. The maximum absolute atomic E-state index is 13.7. The van der Waals surface area contributed by atoms with Gasteiger partial charge in [0.1, 0.15) is 0 Å². The van der Waals surface area contributed by atoms with Crippen molar-refractivity contribution in [1.82, 2.24) is 15.2 Å². The Morgan fingerprint density at radius 1 is 0.875 bits per heavy atom. The van der Waals surface area contributed by atoms with Crippen LogP contribution >= 0.6 is 0 Å². The summed E-state index contributed by atoms with van der Waals surface area (Å²) in [4.78, 5) is 19.1. The lowest BCUT2D eigenvalue weighted by Crippen LogP contribution is -2.41. The summed E-state index contributed by atoms with van der Waals surface area (Å²) in [5, 5.41) is 4.34. The first-order valence-corrected chi connectivity index (χ1v) is 17.8. The van der Waals surface area contributed by atoms with E-state index in [4.69, 9.17) is 0 Å². The Bertz CT molecular complexity index is 1600. The number of H-pyrrole nitrogens is 1. The minimum atomic E-state index is -4.44. The van der Waals surface area contributed by atoms with Crippen LogP contribution in [0.3, 0.4) is 0 Å². The van der Waals surface area contributed by atoms with E-state index in [0.717, 1.165) is 74.1 Å². The molecule has 258 valence electrons. The van der Waals surface area contributed by atoms with Crippen LogP contribution in [0.2, 0.25) is 0 Å². The molecule has 48 heavy (non-hydrogen) atoms. The smallest absolute Gasteiger partial charge is 0.358 e.